The summed E-state index contributed by atoms with van der Waals surface area (Å²) in [6, 6.07) is 2.05. The van der Waals surface area contributed by atoms with Crippen molar-refractivity contribution in [3.63, 3.8) is 0 Å². The zero-order valence-corrected chi connectivity index (χ0v) is 10.4. The number of hydrogen-bond acceptors (Lipinski definition) is 4. The third-order valence-electron chi connectivity index (χ3n) is 1.85. The molecule has 16 heavy (non-hydrogen) atoms. The molecule has 4 nitrogen and oxygen atoms in total. The fourth-order valence-corrected chi connectivity index (χ4v) is 1.93. The minimum atomic E-state index is -0.507. The summed E-state index contributed by atoms with van der Waals surface area (Å²) >= 11 is 1.33. The Hall–Kier alpha value is -1.54. The minimum Gasteiger partial charge on any atom is -0.449 e. The SMILES string of the molecule is Cc1csc(NC(=O)OCC(C)C)c1C#N. The Kier molecular flexibility index (Phi) is 4.32. The van der Waals surface area contributed by atoms with Crippen LogP contribution < -0.4 is 5.32 Å². The Labute approximate surface area is 98.8 Å². The molecule has 0 aliphatic carbocycles. The molecule has 5 heteroatoms. The molecule has 0 saturated carbocycles. The first-order valence-electron chi connectivity index (χ1n) is 4.96. The van der Waals surface area contributed by atoms with Gasteiger partial charge in [0.15, 0.2) is 0 Å². The average molecular weight is 238 g/mol. The van der Waals surface area contributed by atoms with Gasteiger partial charge in [-0.25, -0.2) is 4.79 Å². The highest BCUT2D eigenvalue weighted by Crippen LogP contribution is 2.26. The first-order chi connectivity index (χ1) is 7.54. The number of carbonyl (C=O) groups excluding carboxylic acids is 1. The number of nitrogens with zero attached hydrogens (tertiary/aromatic N) is 1. The topological polar surface area (TPSA) is 62.1 Å². The average Bonchev–Trinajstić information content (AvgIpc) is 2.56. The van der Waals surface area contributed by atoms with Gasteiger partial charge < -0.3 is 4.74 Å². The second-order valence-corrected chi connectivity index (χ2v) is 4.73. The van der Waals surface area contributed by atoms with Crippen molar-refractivity contribution < 1.29 is 9.53 Å². The second kappa shape index (κ2) is 5.52. The van der Waals surface area contributed by atoms with Crippen molar-refractivity contribution in [2.45, 2.75) is 20.8 Å². The number of hydrogen-bond donors (Lipinski definition) is 1. The molecule has 1 heterocycles. The van der Waals surface area contributed by atoms with Gasteiger partial charge in [0, 0.05) is 0 Å². The first-order valence-corrected chi connectivity index (χ1v) is 5.84. The summed E-state index contributed by atoms with van der Waals surface area (Å²) in [5, 5.41) is 13.8. The summed E-state index contributed by atoms with van der Waals surface area (Å²) in [4.78, 5) is 11.4. The summed E-state index contributed by atoms with van der Waals surface area (Å²) < 4.78 is 4.96. The lowest BCUT2D eigenvalue weighted by molar-refractivity contribution is 0.147. The third-order valence-corrected chi connectivity index (χ3v) is 2.86. The van der Waals surface area contributed by atoms with E-state index in [1.165, 1.54) is 11.3 Å². The van der Waals surface area contributed by atoms with E-state index in [1.807, 2.05) is 26.2 Å². The van der Waals surface area contributed by atoms with E-state index in [-0.39, 0.29) is 0 Å². The Morgan fingerprint density at radius 1 is 1.69 bits per heavy atom. The summed E-state index contributed by atoms with van der Waals surface area (Å²) in [7, 11) is 0. The lowest BCUT2D eigenvalue weighted by Crippen LogP contribution is -2.16. The zero-order chi connectivity index (χ0) is 12.1. The number of amides is 1. The second-order valence-electron chi connectivity index (χ2n) is 3.85. The van der Waals surface area contributed by atoms with Crippen molar-refractivity contribution in [2.24, 2.45) is 5.92 Å². The van der Waals surface area contributed by atoms with Gasteiger partial charge in [0.05, 0.1) is 12.2 Å². The summed E-state index contributed by atoms with van der Waals surface area (Å²) in [6.07, 6.45) is -0.507. The highest BCUT2D eigenvalue weighted by molar-refractivity contribution is 7.14. The molecule has 0 spiro atoms. The number of anilines is 1. The molecule has 86 valence electrons. The molecular weight excluding hydrogens is 224 g/mol. The van der Waals surface area contributed by atoms with E-state index in [0.717, 1.165) is 5.56 Å². The number of ether oxygens (including phenoxy) is 1. The fourth-order valence-electron chi connectivity index (χ4n) is 1.05. The Morgan fingerprint density at radius 2 is 2.38 bits per heavy atom. The van der Waals surface area contributed by atoms with E-state index in [1.54, 1.807) is 0 Å². The van der Waals surface area contributed by atoms with Crippen molar-refractivity contribution in [1.29, 1.82) is 5.26 Å². The van der Waals surface area contributed by atoms with Gasteiger partial charge in [0.2, 0.25) is 0 Å². The molecule has 0 fully saturated rings. The Bertz CT molecular complexity index is 418. The zero-order valence-electron chi connectivity index (χ0n) is 9.53. The van der Waals surface area contributed by atoms with Crippen LogP contribution in [0.15, 0.2) is 5.38 Å². The van der Waals surface area contributed by atoms with Crippen LogP contribution >= 0.6 is 11.3 Å². The van der Waals surface area contributed by atoms with Crippen LogP contribution in [-0.2, 0) is 4.74 Å². The normalized spacial score (nSPS) is 9.94. The lowest BCUT2D eigenvalue weighted by atomic mass is 10.2. The molecule has 1 aromatic heterocycles. The van der Waals surface area contributed by atoms with Gasteiger partial charge in [-0.05, 0) is 23.8 Å². The van der Waals surface area contributed by atoms with Gasteiger partial charge in [0.25, 0.3) is 0 Å². The van der Waals surface area contributed by atoms with E-state index in [4.69, 9.17) is 10.00 Å². The highest BCUT2D eigenvalue weighted by Gasteiger charge is 2.12. The molecule has 0 bridgehead atoms. The van der Waals surface area contributed by atoms with Crippen LogP contribution in [0.25, 0.3) is 0 Å². The van der Waals surface area contributed by atoms with Crippen LogP contribution in [0.5, 0.6) is 0 Å². The number of carbonyl (C=O) groups is 1. The monoisotopic (exact) mass is 238 g/mol. The molecule has 1 aromatic rings. The van der Waals surface area contributed by atoms with Gasteiger partial charge >= 0.3 is 6.09 Å². The van der Waals surface area contributed by atoms with Gasteiger partial charge in [-0.2, -0.15) is 5.26 Å². The van der Waals surface area contributed by atoms with Crippen molar-refractivity contribution in [1.82, 2.24) is 0 Å². The minimum absolute atomic E-state index is 0.297. The maximum absolute atomic E-state index is 11.4. The maximum atomic E-state index is 11.4. The van der Waals surface area contributed by atoms with E-state index < -0.39 is 6.09 Å². The molecule has 0 aromatic carbocycles. The van der Waals surface area contributed by atoms with Gasteiger partial charge in [-0.3, -0.25) is 5.32 Å². The summed E-state index contributed by atoms with van der Waals surface area (Å²) in [5.74, 6) is 0.297. The molecule has 1 amide bonds. The molecular formula is C11H14N2O2S. The van der Waals surface area contributed by atoms with Crippen molar-refractivity contribution in [3.8, 4) is 6.07 Å². The Morgan fingerprint density at radius 3 is 2.94 bits per heavy atom. The quantitative estimate of drug-likeness (QED) is 0.879. The molecule has 0 radical (unpaired) electrons. The molecule has 0 unspecified atom stereocenters. The molecule has 0 saturated heterocycles. The van der Waals surface area contributed by atoms with Gasteiger partial charge in [0.1, 0.15) is 11.1 Å². The van der Waals surface area contributed by atoms with Crippen LogP contribution in [0.4, 0.5) is 9.80 Å². The molecule has 1 rings (SSSR count). The van der Waals surface area contributed by atoms with Gasteiger partial charge in [-0.15, -0.1) is 11.3 Å². The smallest absolute Gasteiger partial charge is 0.412 e. The lowest BCUT2D eigenvalue weighted by Gasteiger charge is -2.07. The van der Waals surface area contributed by atoms with Crippen LogP contribution in [0, 0.1) is 24.2 Å². The largest absolute Gasteiger partial charge is 0.449 e. The van der Waals surface area contributed by atoms with Crippen LogP contribution in [0.3, 0.4) is 0 Å². The predicted molar refractivity (Wildman–Crippen MR) is 63.6 cm³/mol. The maximum Gasteiger partial charge on any atom is 0.412 e. The summed E-state index contributed by atoms with van der Waals surface area (Å²) in [6.45, 7) is 6.13. The molecule has 0 atom stereocenters. The number of nitriles is 1. The van der Waals surface area contributed by atoms with Crippen LogP contribution in [0.1, 0.15) is 25.0 Å². The summed E-state index contributed by atoms with van der Waals surface area (Å²) in [5.41, 5.74) is 1.37. The predicted octanol–water partition coefficient (Wildman–Crippen LogP) is 3.13. The third kappa shape index (κ3) is 3.24. The van der Waals surface area contributed by atoms with E-state index >= 15 is 0 Å². The van der Waals surface area contributed by atoms with Crippen molar-refractivity contribution >= 4 is 22.4 Å². The molecule has 1 N–H and O–H groups in total. The highest BCUT2D eigenvalue weighted by atomic mass is 32.1. The van der Waals surface area contributed by atoms with E-state index in [9.17, 15) is 4.79 Å². The fraction of sp³-hybridized carbons (Fsp3) is 0.455. The van der Waals surface area contributed by atoms with E-state index in [2.05, 4.69) is 11.4 Å². The van der Waals surface area contributed by atoms with Gasteiger partial charge in [-0.1, -0.05) is 13.8 Å². The van der Waals surface area contributed by atoms with Crippen molar-refractivity contribution in [2.75, 3.05) is 11.9 Å². The van der Waals surface area contributed by atoms with E-state index in [0.29, 0.717) is 23.1 Å². The molecule has 0 aliphatic heterocycles. The van der Waals surface area contributed by atoms with Crippen LogP contribution in [-0.4, -0.2) is 12.7 Å². The van der Waals surface area contributed by atoms with Crippen molar-refractivity contribution in [3.05, 3.63) is 16.5 Å². The number of rotatable bonds is 3. The first kappa shape index (κ1) is 12.5. The number of nitrogens with one attached hydrogen (secondary N) is 1. The number of thiophene rings is 1. The van der Waals surface area contributed by atoms with Crippen LogP contribution in [0.2, 0.25) is 0 Å². The molecule has 0 aliphatic rings. The number of aryl methyl sites for hydroxylation is 1. The standard InChI is InChI=1S/C11H14N2O2S/c1-7(2)5-15-11(14)13-10-9(4-12)8(3)6-16-10/h6-7H,5H2,1-3H3,(H,13,14). The Balaban J connectivity index is 2.60.